The molecule has 0 unspecified atom stereocenters. The Morgan fingerprint density at radius 1 is 1.04 bits per heavy atom. The number of hydrogen-bond donors (Lipinski definition) is 1. The minimum atomic E-state index is -1.01. The number of thioether (sulfide) groups is 1. The van der Waals surface area contributed by atoms with Crippen LogP contribution in [0.1, 0.15) is 45.2 Å². The van der Waals surface area contributed by atoms with Crippen molar-refractivity contribution >= 4 is 63.0 Å². The second-order valence-corrected chi connectivity index (χ2v) is 15.2. The van der Waals surface area contributed by atoms with E-state index < -0.39 is 5.97 Å². The number of aromatic carboxylic acids is 1. The second kappa shape index (κ2) is 13.8. The van der Waals surface area contributed by atoms with E-state index in [4.69, 9.17) is 31.3 Å². The molecular formula is C37H36ClFN6O4S2. The van der Waals surface area contributed by atoms with Crippen molar-refractivity contribution in [3.05, 3.63) is 93.4 Å². The lowest BCUT2D eigenvalue weighted by Crippen LogP contribution is -2.18. The Bertz CT molecular complexity index is 2340. The summed E-state index contributed by atoms with van der Waals surface area (Å²) < 4.78 is 34.6. The summed E-state index contributed by atoms with van der Waals surface area (Å²) in [6, 6.07) is 14.6. The van der Waals surface area contributed by atoms with Gasteiger partial charge in [-0.2, -0.15) is 10.2 Å². The summed E-state index contributed by atoms with van der Waals surface area (Å²) in [7, 11) is 3.74. The highest BCUT2D eigenvalue weighted by atomic mass is 35.5. The molecule has 0 saturated carbocycles. The Hall–Kier alpha value is -4.01. The molecule has 0 aliphatic carbocycles. The lowest BCUT2D eigenvalue weighted by molar-refractivity contribution is 0.0685. The zero-order chi connectivity index (χ0) is 35.4. The molecule has 8 bridgehead atoms. The van der Waals surface area contributed by atoms with Gasteiger partial charge in [-0.25, -0.2) is 13.5 Å². The van der Waals surface area contributed by atoms with Gasteiger partial charge in [0, 0.05) is 52.3 Å². The number of carbonyl (C=O) groups is 1. The van der Waals surface area contributed by atoms with E-state index >= 15 is 0 Å². The van der Waals surface area contributed by atoms with Crippen molar-refractivity contribution in [1.29, 1.82) is 0 Å². The lowest BCUT2D eigenvalue weighted by Gasteiger charge is -2.19. The number of carboxylic acid groups (broad SMARTS) is 1. The van der Waals surface area contributed by atoms with Crippen molar-refractivity contribution in [3.63, 3.8) is 0 Å². The predicted octanol–water partition coefficient (Wildman–Crippen LogP) is 7.85. The van der Waals surface area contributed by atoms with Gasteiger partial charge in [0.25, 0.3) is 0 Å². The number of nitrogens with zero attached hydrogens (tertiary/aromatic N) is 6. The zero-order valence-corrected chi connectivity index (χ0v) is 30.8. The van der Waals surface area contributed by atoms with Crippen LogP contribution in [0.3, 0.4) is 0 Å². The van der Waals surface area contributed by atoms with Gasteiger partial charge in [0.15, 0.2) is 0 Å². The molecule has 2 aliphatic heterocycles. The Morgan fingerprint density at radius 2 is 1.88 bits per heavy atom. The predicted molar refractivity (Wildman–Crippen MR) is 199 cm³/mol. The number of fused-ring (bicyclic) bond motifs is 10. The van der Waals surface area contributed by atoms with Crippen molar-refractivity contribution in [2.75, 3.05) is 19.5 Å². The molecular weight excluding hydrogens is 711 g/mol. The summed E-state index contributed by atoms with van der Waals surface area (Å²) in [6.07, 6.45) is 3.06. The van der Waals surface area contributed by atoms with Gasteiger partial charge in [0.2, 0.25) is 0 Å². The minimum absolute atomic E-state index is 0.213. The molecule has 5 heterocycles. The molecule has 10 nitrogen and oxygen atoms in total. The van der Waals surface area contributed by atoms with Crippen LogP contribution in [-0.2, 0) is 57.2 Å². The van der Waals surface area contributed by atoms with Gasteiger partial charge in [0.05, 0.1) is 67.1 Å². The Labute approximate surface area is 307 Å². The smallest absolute Gasteiger partial charge is 0.352 e. The third-order valence-corrected chi connectivity index (χ3v) is 11.8. The van der Waals surface area contributed by atoms with Crippen molar-refractivity contribution < 1.29 is 23.8 Å². The van der Waals surface area contributed by atoms with Crippen molar-refractivity contribution in [2.24, 2.45) is 14.1 Å². The van der Waals surface area contributed by atoms with Crippen LogP contribution in [0.2, 0.25) is 5.02 Å². The molecule has 8 rings (SSSR count). The third-order valence-electron chi connectivity index (χ3n) is 9.69. The molecule has 0 radical (unpaired) electrons. The molecule has 0 atom stereocenters. The number of halogens is 2. The van der Waals surface area contributed by atoms with Gasteiger partial charge in [-0.15, -0.1) is 11.8 Å². The average molecular weight is 747 g/mol. The molecule has 3 aromatic carbocycles. The van der Waals surface area contributed by atoms with Crippen molar-refractivity contribution in [2.45, 2.75) is 49.7 Å². The number of aryl methyl sites for hydroxylation is 3. The zero-order valence-electron chi connectivity index (χ0n) is 28.4. The van der Waals surface area contributed by atoms with Crippen LogP contribution < -0.4 is 4.74 Å². The van der Waals surface area contributed by atoms with E-state index in [1.165, 1.54) is 12.1 Å². The van der Waals surface area contributed by atoms with Crippen LogP contribution in [0.5, 0.6) is 5.75 Å². The highest BCUT2D eigenvalue weighted by molar-refractivity contribution is 7.98. The number of rotatable bonds is 2. The molecule has 6 aromatic rings. The van der Waals surface area contributed by atoms with Crippen molar-refractivity contribution in [3.8, 4) is 16.9 Å². The molecule has 264 valence electrons. The number of hydrogen-bond acceptors (Lipinski definition) is 8. The largest absolute Gasteiger partial charge is 0.493 e. The summed E-state index contributed by atoms with van der Waals surface area (Å²) in [4.78, 5) is 13.8. The molecule has 51 heavy (non-hydrogen) atoms. The summed E-state index contributed by atoms with van der Waals surface area (Å²) in [5.41, 5.74) is 7.05. The van der Waals surface area contributed by atoms with E-state index in [1.807, 2.05) is 46.9 Å². The first-order chi connectivity index (χ1) is 24.7. The van der Waals surface area contributed by atoms with Crippen LogP contribution in [0.4, 0.5) is 4.39 Å². The maximum Gasteiger partial charge on any atom is 0.352 e. The monoisotopic (exact) mass is 746 g/mol. The Kier molecular flexibility index (Phi) is 9.26. The van der Waals surface area contributed by atoms with Crippen LogP contribution >= 0.6 is 35.3 Å². The first kappa shape index (κ1) is 34.1. The fourth-order valence-corrected chi connectivity index (χ4v) is 9.10. The van der Waals surface area contributed by atoms with Crippen LogP contribution in [0.15, 0.2) is 53.4 Å². The number of carboxylic acids is 1. The molecule has 1 N–H and O–H groups in total. The molecule has 0 amide bonds. The SMILES string of the molecule is CSN1Cc2cc(n(C)n2)CSc2cc(c3ccc(F)cc3c2)OCCCc2c(C(=O)O)n(C)c3c(c(Cl)ccc23)-c2c(nn3c2COCC3)C1. The van der Waals surface area contributed by atoms with Crippen LogP contribution in [-0.4, -0.2) is 59.0 Å². The molecule has 0 fully saturated rings. The third kappa shape index (κ3) is 6.29. The maximum atomic E-state index is 14.4. The van der Waals surface area contributed by atoms with E-state index in [-0.39, 0.29) is 11.5 Å². The number of benzene rings is 3. The molecule has 0 spiro atoms. The van der Waals surface area contributed by atoms with Gasteiger partial charge < -0.3 is 19.1 Å². The molecule has 0 saturated heterocycles. The second-order valence-electron chi connectivity index (χ2n) is 12.8. The summed E-state index contributed by atoms with van der Waals surface area (Å²) in [5, 5.41) is 23.4. The fourth-order valence-electron chi connectivity index (χ4n) is 7.35. The van der Waals surface area contributed by atoms with Gasteiger partial charge in [-0.3, -0.25) is 9.36 Å². The first-order valence-electron chi connectivity index (χ1n) is 16.7. The molecule has 14 heteroatoms. The maximum absolute atomic E-state index is 14.4. The van der Waals surface area contributed by atoms with E-state index in [1.54, 1.807) is 41.4 Å². The first-order valence-corrected chi connectivity index (χ1v) is 19.2. The van der Waals surface area contributed by atoms with Gasteiger partial charge >= 0.3 is 5.97 Å². The summed E-state index contributed by atoms with van der Waals surface area (Å²) in [5.74, 6) is 0.00280. The number of aromatic nitrogens is 5. The van der Waals surface area contributed by atoms with Crippen LogP contribution in [0, 0.1) is 5.82 Å². The van der Waals surface area contributed by atoms with E-state index in [2.05, 4.69) is 10.4 Å². The Balaban J connectivity index is 1.29. The number of ether oxygens (including phenoxy) is 2. The summed E-state index contributed by atoms with van der Waals surface area (Å²) >= 11 is 10.4. The van der Waals surface area contributed by atoms with Gasteiger partial charge in [-0.05, 0) is 72.5 Å². The Morgan fingerprint density at radius 3 is 2.71 bits per heavy atom. The van der Waals surface area contributed by atoms with E-state index in [0.717, 1.165) is 66.0 Å². The normalized spacial score (nSPS) is 15.8. The van der Waals surface area contributed by atoms with Gasteiger partial charge in [-0.1, -0.05) is 29.6 Å². The van der Waals surface area contributed by atoms with E-state index in [0.29, 0.717) is 68.8 Å². The lowest BCUT2D eigenvalue weighted by atomic mass is 9.97. The fraction of sp³-hybridized carbons (Fsp3) is 0.324. The standard InChI is InChI=1S/C37H36ClFN6O4S2/c1-42-35-28-8-9-29(38)33(35)34-30(41-45-10-12-48-19-31(34)45)18-44(50-3)17-23-15-24(43(2)40-23)20-51-25-14-21-13-22(39)6-7-26(21)32(16-25)49-11-4-5-27(28)36(42)37(46)47/h6-9,13-16H,4-5,10-12,17-20H2,1-3H3,(H,46,47). The minimum Gasteiger partial charge on any atom is -0.493 e. The van der Waals surface area contributed by atoms with Crippen LogP contribution in [0.25, 0.3) is 32.8 Å². The van der Waals surface area contributed by atoms with Gasteiger partial charge in [0.1, 0.15) is 17.3 Å². The van der Waals surface area contributed by atoms with E-state index in [9.17, 15) is 14.3 Å². The average Bonchev–Trinajstić information content (AvgIpc) is 3.74. The quantitative estimate of drug-likeness (QED) is 0.178. The highest BCUT2D eigenvalue weighted by Gasteiger charge is 2.30. The molecule has 2 aliphatic rings. The summed E-state index contributed by atoms with van der Waals surface area (Å²) in [6.45, 7) is 2.95. The van der Waals surface area contributed by atoms with Crippen molar-refractivity contribution in [1.82, 2.24) is 28.4 Å². The topological polar surface area (TPSA) is 99.6 Å². The highest BCUT2D eigenvalue weighted by Crippen LogP contribution is 2.43. The molecule has 3 aromatic heterocycles.